The molecule has 0 aliphatic carbocycles. The molecular formula is C19H16O6S2. The molecule has 0 saturated heterocycles. The maximum Gasteiger partial charge on any atom is 0.339 e. The largest absolute Gasteiger partial charge is 0.457 e. The van der Waals surface area contributed by atoms with Gasteiger partial charge in [0.15, 0.2) is 9.84 Å². The third-order valence-corrected chi connectivity index (χ3v) is 5.92. The van der Waals surface area contributed by atoms with Gasteiger partial charge in [-0.15, -0.1) is 0 Å². The average Bonchev–Trinajstić information content (AvgIpc) is 2.62. The molecule has 3 rings (SSSR count). The van der Waals surface area contributed by atoms with Crippen LogP contribution < -0.4 is 8.92 Å². The van der Waals surface area contributed by atoms with Crippen molar-refractivity contribution in [3.05, 3.63) is 78.9 Å². The number of rotatable bonds is 6. The molecule has 140 valence electrons. The molecule has 27 heavy (non-hydrogen) atoms. The second kappa shape index (κ2) is 7.42. The van der Waals surface area contributed by atoms with E-state index in [1.54, 1.807) is 24.3 Å². The van der Waals surface area contributed by atoms with E-state index < -0.39 is 20.0 Å². The summed E-state index contributed by atoms with van der Waals surface area (Å²) in [5, 5.41) is 0. The van der Waals surface area contributed by atoms with Gasteiger partial charge >= 0.3 is 10.1 Å². The number of benzene rings is 3. The van der Waals surface area contributed by atoms with Crippen LogP contribution in [0.3, 0.4) is 0 Å². The molecule has 0 aromatic heterocycles. The molecule has 0 atom stereocenters. The van der Waals surface area contributed by atoms with Gasteiger partial charge in [-0.2, -0.15) is 8.42 Å². The van der Waals surface area contributed by atoms with Crippen molar-refractivity contribution in [2.75, 3.05) is 6.26 Å². The standard InChI is InChI=1S/C19H16O6S2/c1-26(20,21)18-10-12-19(13-11-18)27(22,23)25-17-9-5-8-16(14-17)24-15-6-3-2-4-7-15/h2-14H,1H3. The molecule has 3 aromatic carbocycles. The second-order valence-electron chi connectivity index (χ2n) is 5.67. The van der Waals surface area contributed by atoms with E-state index in [2.05, 4.69) is 0 Å². The van der Waals surface area contributed by atoms with Crippen molar-refractivity contribution in [2.45, 2.75) is 9.79 Å². The summed E-state index contributed by atoms with van der Waals surface area (Å²) in [5.41, 5.74) is 0. The third-order valence-electron chi connectivity index (χ3n) is 3.53. The van der Waals surface area contributed by atoms with Crippen LogP contribution in [0.1, 0.15) is 0 Å². The first kappa shape index (κ1) is 18.9. The Bertz CT molecular complexity index is 1140. The molecule has 0 amide bonds. The number of hydrogen-bond acceptors (Lipinski definition) is 6. The maximum atomic E-state index is 12.4. The Kier molecular flexibility index (Phi) is 5.20. The van der Waals surface area contributed by atoms with Crippen molar-refractivity contribution in [3.8, 4) is 17.2 Å². The number of hydrogen-bond donors (Lipinski definition) is 0. The molecule has 0 bridgehead atoms. The van der Waals surface area contributed by atoms with Crippen LogP contribution in [-0.2, 0) is 20.0 Å². The molecule has 0 fully saturated rings. The van der Waals surface area contributed by atoms with Crippen LogP contribution in [0.15, 0.2) is 88.7 Å². The van der Waals surface area contributed by atoms with E-state index in [0.29, 0.717) is 11.5 Å². The van der Waals surface area contributed by atoms with Crippen LogP contribution in [0.25, 0.3) is 0 Å². The van der Waals surface area contributed by atoms with Gasteiger partial charge in [0.25, 0.3) is 0 Å². The average molecular weight is 404 g/mol. The number of ether oxygens (including phenoxy) is 1. The van der Waals surface area contributed by atoms with E-state index in [0.717, 1.165) is 6.26 Å². The highest BCUT2D eigenvalue weighted by Crippen LogP contribution is 2.27. The van der Waals surface area contributed by atoms with E-state index in [-0.39, 0.29) is 15.5 Å². The SMILES string of the molecule is CS(=O)(=O)c1ccc(S(=O)(=O)Oc2cccc(Oc3ccccc3)c2)cc1. The predicted molar refractivity (Wildman–Crippen MR) is 100 cm³/mol. The van der Waals surface area contributed by atoms with Crippen molar-refractivity contribution in [2.24, 2.45) is 0 Å². The molecule has 0 saturated carbocycles. The Morgan fingerprint density at radius 3 is 1.81 bits per heavy atom. The Balaban J connectivity index is 1.80. The summed E-state index contributed by atoms with van der Waals surface area (Å²) in [6.45, 7) is 0. The number of sulfone groups is 1. The van der Waals surface area contributed by atoms with Gasteiger partial charge in [-0.1, -0.05) is 24.3 Å². The zero-order valence-corrected chi connectivity index (χ0v) is 15.9. The molecule has 6 nitrogen and oxygen atoms in total. The Morgan fingerprint density at radius 2 is 1.19 bits per heavy atom. The van der Waals surface area contributed by atoms with Gasteiger partial charge < -0.3 is 8.92 Å². The molecule has 0 spiro atoms. The van der Waals surface area contributed by atoms with Crippen LogP contribution in [-0.4, -0.2) is 23.1 Å². The summed E-state index contributed by atoms with van der Waals surface area (Å²) in [6, 6.07) is 20.1. The smallest absolute Gasteiger partial charge is 0.339 e. The molecule has 0 radical (unpaired) electrons. The fourth-order valence-corrected chi connectivity index (χ4v) is 3.80. The van der Waals surface area contributed by atoms with E-state index in [1.165, 1.54) is 36.4 Å². The highest BCUT2D eigenvalue weighted by Gasteiger charge is 2.18. The van der Waals surface area contributed by atoms with Gasteiger partial charge in [0.2, 0.25) is 0 Å². The zero-order chi connectivity index (χ0) is 19.5. The Morgan fingerprint density at radius 1 is 0.630 bits per heavy atom. The molecule has 0 heterocycles. The summed E-state index contributed by atoms with van der Waals surface area (Å²) in [4.78, 5) is -0.121. The van der Waals surface area contributed by atoms with Crippen LogP contribution in [0.4, 0.5) is 0 Å². The minimum Gasteiger partial charge on any atom is -0.457 e. The fourth-order valence-electron chi connectivity index (χ4n) is 2.24. The molecule has 3 aromatic rings. The normalized spacial score (nSPS) is 11.7. The van der Waals surface area contributed by atoms with Crippen molar-refractivity contribution in [1.29, 1.82) is 0 Å². The third kappa shape index (κ3) is 4.87. The molecule has 0 unspecified atom stereocenters. The highest BCUT2D eigenvalue weighted by atomic mass is 32.2. The number of para-hydroxylation sites is 1. The lowest BCUT2D eigenvalue weighted by atomic mass is 10.3. The highest BCUT2D eigenvalue weighted by molar-refractivity contribution is 7.90. The molecular weight excluding hydrogens is 388 g/mol. The van der Waals surface area contributed by atoms with Crippen molar-refractivity contribution < 1.29 is 25.8 Å². The lowest BCUT2D eigenvalue weighted by Crippen LogP contribution is -2.10. The van der Waals surface area contributed by atoms with Crippen LogP contribution in [0, 0.1) is 0 Å². The fraction of sp³-hybridized carbons (Fsp3) is 0.0526. The monoisotopic (exact) mass is 404 g/mol. The van der Waals surface area contributed by atoms with E-state index in [1.807, 2.05) is 18.2 Å². The molecule has 0 aliphatic heterocycles. The van der Waals surface area contributed by atoms with E-state index in [4.69, 9.17) is 8.92 Å². The predicted octanol–water partition coefficient (Wildman–Crippen LogP) is 3.65. The summed E-state index contributed by atoms with van der Waals surface area (Å²) >= 11 is 0. The molecule has 0 N–H and O–H groups in total. The van der Waals surface area contributed by atoms with Crippen molar-refractivity contribution >= 4 is 20.0 Å². The quantitative estimate of drug-likeness (QED) is 0.583. The van der Waals surface area contributed by atoms with Gasteiger partial charge in [-0.3, -0.25) is 0 Å². The van der Waals surface area contributed by atoms with E-state index in [9.17, 15) is 16.8 Å². The lowest BCUT2D eigenvalue weighted by molar-refractivity contribution is 0.468. The van der Waals surface area contributed by atoms with Gasteiger partial charge in [0, 0.05) is 12.3 Å². The minimum absolute atomic E-state index is 0.0275. The van der Waals surface area contributed by atoms with Crippen molar-refractivity contribution in [1.82, 2.24) is 0 Å². The maximum absolute atomic E-state index is 12.4. The van der Waals surface area contributed by atoms with Crippen LogP contribution in [0.2, 0.25) is 0 Å². The van der Waals surface area contributed by atoms with Crippen LogP contribution >= 0.6 is 0 Å². The van der Waals surface area contributed by atoms with Gasteiger partial charge in [0.1, 0.15) is 22.1 Å². The first-order valence-electron chi connectivity index (χ1n) is 7.82. The summed E-state index contributed by atoms with van der Waals surface area (Å²) in [6.07, 6.45) is 1.05. The Labute approximate surface area is 158 Å². The summed E-state index contributed by atoms with van der Waals surface area (Å²) in [5.74, 6) is 1.10. The topological polar surface area (TPSA) is 86.7 Å². The summed E-state index contributed by atoms with van der Waals surface area (Å²) in [7, 11) is -7.53. The Hall–Kier alpha value is -2.84. The minimum atomic E-state index is -4.12. The zero-order valence-electron chi connectivity index (χ0n) is 14.3. The van der Waals surface area contributed by atoms with Gasteiger partial charge in [-0.05, 0) is 48.5 Å². The lowest BCUT2D eigenvalue weighted by Gasteiger charge is -2.10. The van der Waals surface area contributed by atoms with E-state index >= 15 is 0 Å². The van der Waals surface area contributed by atoms with Crippen LogP contribution in [0.5, 0.6) is 17.2 Å². The second-order valence-corrected chi connectivity index (χ2v) is 9.23. The first-order valence-corrected chi connectivity index (χ1v) is 11.1. The molecule has 0 aliphatic rings. The first-order chi connectivity index (χ1) is 12.7. The van der Waals surface area contributed by atoms with Gasteiger partial charge in [-0.25, -0.2) is 8.42 Å². The van der Waals surface area contributed by atoms with Gasteiger partial charge in [0.05, 0.1) is 4.90 Å². The molecule has 8 heteroatoms. The van der Waals surface area contributed by atoms with Crippen molar-refractivity contribution in [3.63, 3.8) is 0 Å². The summed E-state index contributed by atoms with van der Waals surface area (Å²) < 4.78 is 58.6.